The summed E-state index contributed by atoms with van der Waals surface area (Å²) in [6, 6.07) is 3.33. The van der Waals surface area contributed by atoms with Crippen LogP contribution in [0.4, 0.5) is 5.69 Å². The fraction of sp³-hybridized carbons (Fsp3) is 0.381. The number of halogens is 1. The van der Waals surface area contributed by atoms with Crippen molar-refractivity contribution in [2.75, 3.05) is 19.5 Å². The molecule has 0 bridgehead atoms. The third kappa shape index (κ3) is 3.65. The highest BCUT2D eigenvalue weighted by atomic mass is 35.5. The van der Waals surface area contributed by atoms with Crippen molar-refractivity contribution in [3.05, 3.63) is 42.9 Å². The lowest BCUT2D eigenvalue weighted by atomic mass is 9.88. The van der Waals surface area contributed by atoms with Gasteiger partial charge in [-0.1, -0.05) is 18.5 Å². The van der Waals surface area contributed by atoms with Crippen LogP contribution in [0.2, 0.25) is 5.02 Å². The van der Waals surface area contributed by atoms with E-state index in [2.05, 4.69) is 12.2 Å². The van der Waals surface area contributed by atoms with E-state index in [4.69, 9.17) is 21.1 Å². The zero-order chi connectivity index (χ0) is 19.8. The lowest BCUT2D eigenvalue weighted by Crippen LogP contribution is -2.15. The number of carbonyl (C=O) groups excluding carboxylic acids is 1. The van der Waals surface area contributed by atoms with Crippen molar-refractivity contribution in [2.45, 2.75) is 31.9 Å². The molecule has 4 nitrogen and oxygen atoms in total. The Labute approximate surface area is 178 Å². The van der Waals surface area contributed by atoms with Crippen molar-refractivity contribution in [1.29, 1.82) is 0 Å². The van der Waals surface area contributed by atoms with Crippen molar-refractivity contribution >= 4 is 52.4 Å². The van der Waals surface area contributed by atoms with Crippen molar-refractivity contribution < 1.29 is 14.3 Å². The van der Waals surface area contributed by atoms with Gasteiger partial charge in [-0.25, -0.2) is 0 Å². The molecule has 0 unspecified atom stereocenters. The molecular formula is C21H22ClNO3S2. The van der Waals surface area contributed by atoms with Gasteiger partial charge in [0.15, 0.2) is 0 Å². The molecule has 28 heavy (non-hydrogen) atoms. The number of methoxy groups -OCH3 is 2. The molecule has 1 aromatic heterocycles. The molecule has 7 heteroatoms. The van der Waals surface area contributed by atoms with E-state index in [0.717, 1.165) is 18.1 Å². The number of nitrogens with one attached hydrogen (secondary N) is 1. The molecule has 1 N–H and O–H groups in total. The fourth-order valence-corrected chi connectivity index (χ4v) is 6.59. The van der Waals surface area contributed by atoms with Crippen molar-refractivity contribution in [1.82, 2.24) is 0 Å². The first-order valence-electron chi connectivity index (χ1n) is 9.21. The van der Waals surface area contributed by atoms with Crippen LogP contribution in [0, 0.1) is 5.92 Å². The minimum Gasteiger partial charge on any atom is -0.495 e. The van der Waals surface area contributed by atoms with Crippen LogP contribution < -0.4 is 14.8 Å². The quantitative estimate of drug-likeness (QED) is 0.662. The zero-order valence-corrected chi connectivity index (χ0v) is 18.4. The Morgan fingerprint density at radius 2 is 2.00 bits per heavy atom. The molecule has 4 rings (SSSR count). The van der Waals surface area contributed by atoms with E-state index in [1.165, 1.54) is 33.7 Å². The van der Waals surface area contributed by atoms with E-state index >= 15 is 0 Å². The predicted molar refractivity (Wildman–Crippen MR) is 118 cm³/mol. The largest absolute Gasteiger partial charge is 0.495 e. The van der Waals surface area contributed by atoms with E-state index in [-0.39, 0.29) is 5.91 Å². The van der Waals surface area contributed by atoms with Crippen LogP contribution in [0.5, 0.6) is 11.5 Å². The van der Waals surface area contributed by atoms with Gasteiger partial charge in [0, 0.05) is 21.6 Å². The first-order chi connectivity index (χ1) is 13.5. The van der Waals surface area contributed by atoms with Gasteiger partial charge in [0.1, 0.15) is 11.5 Å². The summed E-state index contributed by atoms with van der Waals surface area (Å²) >= 11 is 9.66. The van der Waals surface area contributed by atoms with E-state index in [1.807, 2.05) is 17.4 Å². The maximum absolute atomic E-state index is 12.9. The number of benzene rings is 1. The molecule has 2 heterocycles. The predicted octanol–water partition coefficient (Wildman–Crippen LogP) is 5.77. The van der Waals surface area contributed by atoms with Crippen LogP contribution in [-0.4, -0.2) is 20.1 Å². The van der Waals surface area contributed by atoms with Gasteiger partial charge >= 0.3 is 0 Å². The fourth-order valence-electron chi connectivity index (χ4n) is 3.70. The Hall–Kier alpha value is -1.63. The Bertz CT molecular complexity index is 967. The summed E-state index contributed by atoms with van der Waals surface area (Å²) in [5.74, 6) is 2.48. The Morgan fingerprint density at radius 3 is 2.75 bits per heavy atom. The molecule has 148 valence electrons. The standard InChI is InChI=1S/C21H22ClNO3S2/c1-11-4-5-12-13-10-27-20(9-19(13)28-18(12)6-11)21(24)23-15-7-14(22)16(25-2)8-17(15)26-3/h7-9,11H,4-6,10H2,1-3H3,(H,23,24)/t11-/m1/s1. The van der Waals surface area contributed by atoms with Gasteiger partial charge in [0.25, 0.3) is 5.91 Å². The molecule has 2 aromatic rings. The molecule has 0 fully saturated rings. The minimum absolute atomic E-state index is 0.144. The van der Waals surface area contributed by atoms with Gasteiger partial charge in [-0.3, -0.25) is 4.79 Å². The summed E-state index contributed by atoms with van der Waals surface area (Å²) in [6.45, 7) is 2.32. The van der Waals surface area contributed by atoms with Gasteiger partial charge < -0.3 is 14.8 Å². The van der Waals surface area contributed by atoms with Gasteiger partial charge in [0.05, 0.1) is 29.8 Å². The summed E-state index contributed by atoms with van der Waals surface area (Å²) in [4.78, 5) is 16.3. The number of hydrogen-bond donors (Lipinski definition) is 1. The van der Waals surface area contributed by atoms with E-state index in [9.17, 15) is 4.79 Å². The average Bonchev–Trinajstić information content (AvgIpc) is 3.04. The molecule has 1 atom stereocenters. The Morgan fingerprint density at radius 1 is 1.21 bits per heavy atom. The van der Waals surface area contributed by atoms with E-state index in [1.54, 1.807) is 38.1 Å². The highest BCUT2D eigenvalue weighted by Crippen LogP contribution is 2.44. The molecule has 1 aromatic carbocycles. The molecule has 0 spiro atoms. The average molecular weight is 436 g/mol. The smallest absolute Gasteiger partial charge is 0.262 e. The van der Waals surface area contributed by atoms with E-state index in [0.29, 0.717) is 27.1 Å². The highest BCUT2D eigenvalue weighted by Gasteiger charge is 2.27. The summed E-state index contributed by atoms with van der Waals surface area (Å²) in [7, 11) is 3.09. The van der Waals surface area contributed by atoms with Crippen LogP contribution in [0.15, 0.2) is 17.0 Å². The topological polar surface area (TPSA) is 47.6 Å². The van der Waals surface area contributed by atoms with Gasteiger partial charge in [-0.2, -0.15) is 0 Å². The summed E-state index contributed by atoms with van der Waals surface area (Å²) in [6.07, 6.45) is 5.62. The molecular weight excluding hydrogens is 414 g/mol. The summed E-state index contributed by atoms with van der Waals surface area (Å²) < 4.78 is 10.6. The molecule has 1 aliphatic carbocycles. The number of thiophene rings is 1. The maximum Gasteiger partial charge on any atom is 0.262 e. The first-order valence-corrected chi connectivity index (χ1v) is 11.4. The maximum atomic E-state index is 12.9. The van der Waals surface area contributed by atoms with Crippen molar-refractivity contribution in [3.63, 3.8) is 0 Å². The van der Waals surface area contributed by atoms with Crippen LogP contribution in [0.1, 0.15) is 34.2 Å². The van der Waals surface area contributed by atoms with E-state index < -0.39 is 0 Å². The van der Waals surface area contributed by atoms with Crippen LogP contribution in [0.3, 0.4) is 0 Å². The number of rotatable bonds is 4. The number of fused-ring (bicyclic) bond motifs is 3. The number of anilines is 1. The second-order valence-corrected chi connectivity index (χ2v) is 9.69. The van der Waals surface area contributed by atoms with Crippen molar-refractivity contribution in [2.24, 2.45) is 5.92 Å². The van der Waals surface area contributed by atoms with Crippen LogP contribution >= 0.6 is 34.7 Å². The normalized spacial score (nSPS) is 18.0. The molecule has 2 aliphatic rings. The number of amides is 1. The number of thioether (sulfide) groups is 1. The second-order valence-electron chi connectivity index (χ2n) is 7.13. The minimum atomic E-state index is -0.144. The molecule has 1 amide bonds. The number of carbonyl (C=O) groups is 1. The number of hydrogen-bond acceptors (Lipinski definition) is 5. The van der Waals surface area contributed by atoms with Gasteiger partial charge in [-0.05, 0) is 48.4 Å². The molecule has 0 radical (unpaired) electrons. The first kappa shape index (κ1) is 19.7. The lowest BCUT2D eigenvalue weighted by Gasteiger charge is -2.20. The van der Waals surface area contributed by atoms with Crippen LogP contribution in [0.25, 0.3) is 6.08 Å². The monoisotopic (exact) mass is 435 g/mol. The lowest BCUT2D eigenvalue weighted by molar-refractivity contribution is -0.112. The molecule has 0 saturated carbocycles. The SMILES string of the molecule is COc1cc(OC)c(NC(=O)C2=Cc3sc4c(c3CS2)CC[C@@H](C)C4)cc1Cl. The Balaban J connectivity index is 1.59. The highest BCUT2D eigenvalue weighted by molar-refractivity contribution is 8.03. The summed E-state index contributed by atoms with van der Waals surface area (Å²) in [5, 5.41) is 3.36. The Kier molecular flexibility index (Phi) is 5.63. The number of ether oxygens (including phenoxy) is 2. The summed E-state index contributed by atoms with van der Waals surface area (Å²) in [5.41, 5.74) is 3.49. The third-order valence-electron chi connectivity index (χ3n) is 5.23. The molecule has 0 saturated heterocycles. The zero-order valence-electron chi connectivity index (χ0n) is 16.1. The van der Waals surface area contributed by atoms with Crippen LogP contribution in [-0.2, 0) is 23.4 Å². The second kappa shape index (κ2) is 8.01. The van der Waals surface area contributed by atoms with Gasteiger partial charge in [-0.15, -0.1) is 23.1 Å². The molecule has 1 aliphatic heterocycles. The third-order valence-corrected chi connectivity index (χ3v) is 7.82. The van der Waals surface area contributed by atoms with Gasteiger partial charge in [0.2, 0.25) is 0 Å². The van der Waals surface area contributed by atoms with Crippen molar-refractivity contribution in [3.8, 4) is 11.5 Å².